The zero-order valence-electron chi connectivity index (χ0n) is 12.9. The molecule has 0 spiro atoms. The number of rotatable bonds is 7. The Hall–Kier alpha value is -1.30. The summed E-state index contributed by atoms with van der Waals surface area (Å²) in [6, 6.07) is 0.236. The number of aliphatic imine (C=N–C) groups is 1. The SMILES string of the molecule is CCC(C)NC(=O)CCNC(=NC)NCC1CCCO1. The first-order valence-corrected chi connectivity index (χ1v) is 7.51. The van der Waals surface area contributed by atoms with E-state index in [1.165, 1.54) is 0 Å². The first-order valence-electron chi connectivity index (χ1n) is 7.51. The molecule has 0 bridgehead atoms. The largest absolute Gasteiger partial charge is 0.376 e. The van der Waals surface area contributed by atoms with Gasteiger partial charge in [0.1, 0.15) is 0 Å². The summed E-state index contributed by atoms with van der Waals surface area (Å²) in [5.41, 5.74) is 0. The van der Waals surface area contributed by atoms with Gasteiger partial charge in [-0.25, -0.2) is 0 Å². The number of ether oxygens (including phenoxy) is 1. The number of guanidine groups is 1. The van der Waals surface area contributed by atoms with Gasteiger partial charge in [-0.2, -0.15) is 0 Å². The van der Waals surface area contributed by atoms with Crippen LogP contribution in [0.2, 0.25) is 0 Å². The summed E-state index contributed by atoms with van der Waals surface area (Å²) in [6.07, 6.45) is 3.91. The third-order valence-corrected chi connectivity index (χ3v) is 3.41. The Morgan fingerprint density at radius 1 is 1.45 bits per heavy atom. The monoisotopic (exact) mass is 284 g/mol. The molecule has 0 aromatic rings. The molecule has 116 valence electrons. The molecule has 6 nitrogen and oxygen atoms in total. The molecule has 1 amide bonds. The van der Waals surface area contributed by atoms with Crippen molar-refractivity contribution in [1.82, 2.24) is 16.0 Å². The van der Waals surface area contributed by atoms with Gasteiger partial charge in [-0.15, -0.1) is 0 Å². The molecule has 1 rings (SSSR count). The molecule has 20 heavy (non-hydrogen) atoms. The molecule has 1 aliphatic heterocycles. The molecule has 0 saturated carbocycles. The van der Waals surface area contributed by atoms with E-state index in [0.717, 1.165) is 38.4 Å². The second-order valence-electron chi connectivity index (χ2n) is 5.14. The van der Waals surface area contributed by atoms with Crippen LogP contribution in [-0.4, -0.2) is 50.8 Å². The molecular formula is C14H28N4O2. The Labute approximate surface area is 121 Å². The van der Waals surface area contributed by atoms with Gasteiger partial charge >= 0.3 is 0 Å². The highest BCUT2D eigenvalue weighted by molar-refractivity contribution is 5.81. The summed E-state index contributed by atoms with van der Waals surface area (Å²) in [4.78, 5) is 15.7. The second kappa shape index (κ2) is 9.58. The number of amides is 1. The first kappa shape index (κ1) is 16.8. The predicted molar refractivity (Wildman–Crippen MR) is 80.9 cm³/mol. The quantitative estimate of drug-likeness (QED) is 0.474. The fraction of sp³-hybridized carbons (Fsp3) is 0.857. The van der Waals surface area contributed by atoms with Crippen LogP contribution in [0.1, 0.15) is 39.5 Å². The molecule has 2 unspecified atom stereocenters. The molecule has 1 fully saturated rings. The highest BCUT2D eigenvalue weighted by atomic mass is 16.5. The lowest BCUT2D eigenvalue weighted by atomic mass is 10.2. The van der Waals surface area contributed by atoms with Crippen molar-refractivity contribution in [3.8, 4) is 0 Å². The maximum absolute atomic E-state index is 11.6. The third-order valence-electron chi connectivity index (χ3n) is 3.41. The van der Waals surface area contributed by atoms with E-state index in [2.05, 4.69) is 27.9 Å². The van der Waals surface area contributed by atoms with Crippen molar-refractivity contribution in [2.24, 2.45) is 4.99 Å². The fourth-order valence-electron chi connectivity index (χ4n) is 1.98. The van der Waals surface area contributed by atoms with Crippen molar-refractivity contribution in [3.63, 3.8) is 0 Å². The number of hydrogen-bond acceptors (Lipinski definition) is 3. The number of carbonyl (C=O) groups excluding carboxylic acids is 1. The summed E-state index contributed by atoms with van der Waals surface area (Å²) in [7, 11) is 1.73. The fourth-order valence-corrected chi connectivity index (χ4v) is 1.98. The van der Waals surface area contributed by atoms with E-state index < -0.39 is 0 Å². The number of hydrogen-bond donors (Lipinski definition) is 3. The maximum atomic E-state index is 11.6. The summed E-state index contributed by atoms with van der Waals surface area (Å²) < 4.78 is 5.54. The number of nitrogens with zero attached hydrogens (tertiary/aromatic N) is 1. The van der Waals surface area contributed by atoms with Crippen LogP contribution in [-0.2, 0) is 9.53 Å². The van der Waals surface area contributed by atoms with Crippen LogP contribution in [0.25, 0.3) is 0 Å². The maximum Gasteiger partial charge on any atom is 0.221 e. The zero-order valence-corrected chi connectivity index (χ0v) is 12.9. The van der Waals surface area contributed by atoms with E-state index >= 15 is 0 Å². The molecule has 1 aliphatic rings. The average Bonchev–Trinajstić information content (AvgIpc) is 2.95. The Morgan fingerprint density at radius 3 is 2.85 bits per heavy atom. The Bertz CT molecular complexity index is 314. The van der Waals surface area contributed by atoms with E-state index in [-0.39, 0.29) is 18.1 Å². The lowest BCUT2D eigenvalue weighted by molar-refractivity contribution is -0.121. The Kier molecular flexibility index (Phi) is 8.02. The standard InChI is InChI=1S/C14H28N4O2/c1-4-11(2)18-13(19)7-8-16-14(15-3)17-10-12-6-5-9-20-12/h11-12H,4-10H2,1-3H3,(H,18,19)(H2,15,16,17). The van der Waals surface area contributed by atoms with E-state index in [0.29, 0.717) is 13.0 Å². The molecule has 3 N–H and O–H groups in total. The highest BCUT2D eigenvalue weighted by Gasteiger charge is 2.15. The van der Waals surface area contributed by atoms with Crippen LogP contribution in [0.5, 0.6) is 0 Å². The van der Waals surface area contributed by atoms with Crippen molar-refractivity contribution >= 4 is 11.9 Å². The Balaban J connectivity index is 2.13. The highest BCUT2D eigenvalue weighted by Crippen LogP contribution is 2.10. The van der Waals surface area contributed by atoms with Crippen LogP contribution in [0.3, 0.4) is 0 Å². The second-order valence-corrected chi connectivity index (χ2v) is 5.14. The van der Waals surface area contributed by atoms with Crippen molar-refractivity contribution in [3.05, 3.63) is 0 Å². The van der Waals surface area contributed by atoms with E-state index in [1.54, 1.807) is 7.05 Å². The molecule has 1 heterocycles. The third kappa shape index (κ3) is 6.75. The van der Waals surface area contributed by atoms with Crippen LogP contribution in [0.4, 0.5) is 0 Å². The van der Waals surface area contributed by atoms with Crippen LogP contribution < -0.4 is 16.0 Å². The molecule has 6 heteroatoms. The lowest BCUT2D eigenvalue weighted by Crippen LogP contribution is -2.42. The van der Waals surface area contributed by atoms with Crippen LogP contribution in [0, 0.1) is 0 Å². The van der Waals surface area contributed by atoms with Crippen molar-refractivity contribution in [2.75, 3.05) is 26.7 Å². The van der Waals surface area contributed by atoms with Crippen LogP contribution in [0.15, 0.2) is 4.99 Å². The average molecular weight is 284 g/mol. The predicted octanol–water partition coefficient (Wildman–Crippen LogP) is 0.635. The van der Waals surface area contributed by atoms with Gasteiger partial charge in [-0.05, 0) is 26.2 Å². The first-order chi connectivity index (χ1) is 9.65. The smallest absolute Gasteiger partial charge is 0.221 e. The lowest BCUT2D eigenvalue weighted by Gasteiger charge is -2.15. The molecule has 0 aromatic carbocycles. The summed E-state index contributed by atoms with van der Waals surface area (Å²) in [6.45, 7) is 6.26. The van der Waals surface area contributed by atoms with Gasteiger partial charge in [-0.3, -0.25) is 9.79 Å². The van der Waals surface area contributed by atoms with Gasteiger partial charge in [0.2, 0.25) is 5.91 Å². The number of nitrogens with one attached hydrogen (secondary N) is 3. The summed E-state index contributed by atoms with van der Waals surface area (Å²) in [5.74, 6) is 0.790. The topological polar surface area (TPSA) is 74.8 Å². The van der Waals surface area contributed by atoms with Crippen molar-refractivity contribution < 1.29 is 9.53 Å². The summed E-state index contributed by atoms with van der Waals surface area (Å²) >= 11 is 0. The minimum Gasteiger partial charge on any atom is -0.376 e. The van der Waals surface area contributed by atoms with Gasteiger partial charge in [0.05, 0.1) is 6.10 Å². The minimum absolute atomic E-state index is 0.0708. The van der Waals surface area contributed by atoms with Gasteiger partial charge in [-0.1, -0.05) is 6.92 Å². The van der Waals surface area contributed by atoms with E-state index in [1.807, 2.05) is 6.92 Å². The van der Waals surface area contributed by atoms with E-state index in [4.69, 9.17) is 4.74 Å². The van der Waals surface area contributed by atoms with Crippen molar-refractivity contribution in [1.29, 1.82) is 0 Å². The molecule has 0 aromatic heterocycles. The van der Waals surface area contributed by atoms with Gasteiger partial charge in [0.25, 0.3) is 0 Å². The van der Waals surface area contributed by atoms with Gasteiger partial charge < -0.3 is 20.7 Å². The molecule has 0 radical (unpaired) electrons. The minimum atomic E-state index is 0.0708. The van der Waals surface area contributed by atoms with Gasteiger partial charge in [0.15, 0.2) is 5.96 Å². The van der Waals surface area contributed by atoms with Crippen LogP contribution >= 0.6 is 0 Å². The number of carbonyl (C=O) groups is 1. The zero-order chi connectivity index (χ0) is 14.8. The normalized spacial score (nSPS) is 20.6. The van der Waals surface area contributed by atoms with Gasteiger partial charge in [0, 0.05) is 39.2 Å². The molecule has 1 saturated heterocycles. The molecule has 2 atom stereocenters. The van der Waals surface area contributed by atoms with Crippen molar-refractivity contribution in [2.45, 2.75) is 51.7 Å². The Morgan fingerprint density at radius 2 is 2.25 bits per heavy atom. The molecular weight excluding hydrogens is 256 g/mol. The summed E-state index contributed by atoms with van der Waals surface area (Å²) in [5, 5.41) is 9.30. The van der Waals surface area contributed by atoms with E-state index in [9.17, 15) is 4.79 Å². The molecule has 0 aliphatic carbocycles.